The normalized spacial score (nSPS) is 19.4. The molecule has 2 aromatic heterocycles. The third-order valence-electron chi connectivity index (χ3n) is 6.65. The number of nitrogen functional groups attached to an aromatic ring is 1. The van der Waals surface area contributed by atoms with Gasteiger partial charge in [0, 0.05) is 43.0 Å². The summed E-state index contributed by atoms with van der Waals surface area (Å²) < 4.78 is 28.5. The largest absolute Gasteiger partial charge is 0.389 e. The van der Waals surface area contributed by atoms with E-state index in [0.717, 1.165) is 59.8 Å². The number of aromatic nitrogens is 2. The van der Waals surface area contributed by atoms with Crippen LogP contribution >= 0.6 is 11.3 Å². The fourth-order valence-electron chi connectivity index (χ4n) is 5.03. The maximum absolute atomic E-state index is 14.3. The summed E-state index contributed by atoms with van der Waals surface area (Å²) in [5.74, 6) is -2.16. The summed E-state index contributed by atoms with van der Waals surface area (Å²) in [6, 6.07) is 5.89. The molecule has 1 saturated heterocycles. The lowest BCUT2D eigenvalue weighted by Crippen LogP contribution is -2.43. The molecule has 0 radical (unpaired) electrons. The van der Waals surface area contributed by atoms with Crippen molar-refractivity contribution in [2.75, 3.05) is 23.7 Å². The number of hydrogen-bond acceptors (Lipinski definition) is 8. The monoisotopic (exact) mass is 494 g/mol. The minimum absolute atomic E-state index is 0.00986. The number of halogens is 2. The van der Waals surface area contributed by atoms with Crippen LogP contribution < -0.4 is 16.4 Å². The van der Waals surface area contributed by atoms with E-state index in [1.807, 2.05) is 0 Å². The summed E-state index contributed by atoms with van der Waals surface area (Å²) in [5, 5.41) is 9.66. The van der Waals surface area contributed by atoms with Gasteiger partial charge in [-0.2, -0.15) is 5.26 Å². The number of ketones is 1. The van der Waals surface area contributed by atoms with Gasteiger partial charge in [0.2, 0.25) is 0 Å². The summed E-state index contributed by atoms with van der Waals surface area (Å²) >= 11 is 0.878. The number of thiazole rings is 1. The van der Waals surface area contributed by atoms with Crippen LogP contribution in [0, 0.1) is 23.0 Å². The van der Waals surface area contributed by atoms with Crippen LogP contribution in [0.4, 0.5) is 19.5 Å². The van der Waals surface area contributed by atoms with Crippen molar-refractivity contribution in [1.29, 1.82) is 5.26 Å². The first-order valence-corrected chi connectivity index (χ1v) is 12.3. The van der Waals surface area contributed by atoms with Gasteiger partial charge in [-0.05, 0) is 43.4 Å². The highest BCUT2D eigenvalue weighted by molar-refractivity contribution is 7.19. The lowest BCUT2D eigenvalue weighted by molar-refractivity contribution is 0.0989. The van der Waals surface area contributed by atoms with Crippen molar-refractivity contribution < 1.29 is 13.6 Å². The number of hydrogen-bond donors (Lipinski definition) is 2. The van der Waals surface area contributed by atoms with Gasteiger partial charge in [0.05, 0.1) is 23.2 Å². The third kappa shape index (κ3) is 4.26. The van der Waals surface area contributed by atoms with Gasteiger partial charge in [0.1, 0.15) is 27.3 Å². The number of piperidine rings is 1. The molecule has 2 aliphatic rings. The van der Waals surface area contributed by atoms with Crippen molar-refractivity contribution in [2.24, 2.45) is 5.73 Å². The van der Waals surface area contributed by atoms with Crippen molar-refractivity contribution in [3.05, 3.63) is 58.5 Å². The summed E-state index contributed by atoms with van der Waals surface area (Å²) in [6.07, 6.45) is 4.90. The van der Waals surface area contributed by atoms with Gasteiger partial charge < -0.3 is 16.4 Å². The Hall–Kier alpha value is -3.42. The number of nitrogens with two attached hydrogens (primary N) is 2. The van der Waals surface area contributed by atoms with E-state index >= 15 is 0 Å². The van der Waals surface area contributed by atoms with E-state index < -0.39 is 11.6 Å². The van der Waals surface area contributed by atoms with Crippen LogP contribution in [-0.2, 0) is 12.8 Å². The first kappa shape index (κ1) is 23.3. The van der Waals surface area contributed by atoms with E-state index in [9.17, 15) is 18.8 Å². The Balaban J connectivity index is 1.51. The van der Waals surface area contributed by atoms with E-state index in [4.69, 9.17) is 11.5 Å². The number of anilines is 2. The molecule has 3 heterocycles. The molecule has 7 nitrogen and oxygen atoms in total. The lowest BCUT2D eigenvalue weighted by Gasteiger charge is -2.35. The van der Waals surface area contributed by atoms with E-state index in [0.29, 0.717) is 24.9 Å². The quantitative estimate of drug-likeness (QED) is 0.515. The van der Waals surface area contributed by atoms with Gasteiger partial charge in [0.25, 0.3) is 0 Å². The van der Waals surface area contributed by atoms with E-state index in [2.05, 4.69) is 20.9 Å². The number of carbonyl (C=O) groups is 1. The molecule has 0 saturated carbocycles. The Morgan fingerprint density at radius 2 is 2.06 bits per heavy atom. The topological polar surface area (TPSA) is 122 Å². The second kappa shape index (κ2) is 9.32. The molecule has 10 heteroatoms. The molecule has 3 aromatic rings. The van der Waals surface area contributed by atoms with E-state index in [-0.39, 0.29) is 45.4 Å². The maximum Gasteiger partial charge on any atom is 0.188 e. The predicted molar refractivity (Wildman–Crippen MR) is 130 cm³/mol. The Morgan fingerprint density at radius 1 is 1.29 bits per heavy atom. The smallest absolute Gasteiger partial charge is 0.188 e. The van der Waals surface area contributed by atoms with Gasteiger partial charge in [0.15, 0.2) is 5.78 Å². The standard InChI is InChI=1S/C25H24F2N6OS/c26-17-4-1-5-18(27)20(17)25-32-22(24(30)35-25)19(34)9-14-11-31-21-13(10-28)6-7-16(21)23(14)33-8-2-3-15(29)12-33/h1,4-5,11,13,15H,2-3,6-9,12,29-30H2/t13?,15-/m0/s1. The summed E-state index contributed by atoms with van der Waals surface area (Å²) in [4.78, 5) is 24.3. The molecule has 35 heavy (non-hydrogen) atoms. The van der Waals surface area contributed by atoms with Crippen molar-refractivity contribution in [1.82, 2.24) is 9.97 Å². The summed E-state index contributed by atoms with van der Waals surface area (Å²) in [7, 11) is 0. The molecule has 1 aromatic carbocycles. The molecule has 4 N–H and O–H groups in total. The number of nitrogens with zero attached hydrogens (tertiary/aromatic N) is 4. The molecular formula is C25H24F2N6OS. The second-order valence-electron chi connectivity index (χ2n) is 8.99. The van der Waals surface area contributed by atoms with Crippen LogP contribution in [0.15, 0.2) is 24.4 Å². The third-order valence-corrected chi connectivity index (χ3v) is 7.55. The highest BCUT2D eigenvalue weighted by atomic mass is 32.1. The number of benzene rings is 1. The van der Waals surface area contributed by atoms with Gasteiger partial charge in [-0.15, -0.1) is 0 Å². The van der Waals surface area contributed by atoms with Crippen LogP contribution in [0.1, 0.15) is 52.5 Å². The first-order valence-electron chi connectivity index (χ1n) is 11.5. The SMILES string of the molecule is N#CC1CCc2c1ncc(CC(=O)c1nc(-c3c(F)cccc3F)sc1N)c2N1CCC[C@H](N)C1. The Morgan fingerprint density at radius 3 is 2.77 bits per heavy atom. The molecule has 0 bridgehead atoms. The van der Waals surface area contributed by atoms with Crippen LogP contribution in [0.25, 0.3) is 10.6 Å². The van der Waals surface area contributed by atoms with Gasteiger partial charge >= 0.3 is 0 Å². The first-order chi connectivity index (χ1) is 16.9. The van der Waals surface area contributed by atoms with Crippen molar-refractivity contribution in [3.63, 3.8) is 0 Å². The van der Waals surface area contributed by atoms with Gasteiger partial charge in [-0.3, -0.25) is 9.78 Å². The molecule has 0 amide bonds. The Labute approximate surface area is 205 Å². The molecule has 180 valence electrons. The van der Waals surface area contributed by atoms with Gasteiger partial charge in [-0.25, -0.2) is 13.8 Å². The number of rotatable bonds is 5. The van der Waals surface area contributed by atoms with Gasteiger partial charge in [-0.1, -0.05) is 17.4 Å². The summed E-state index contributed by atoms with van der Waals surface area (Å²) in [6.45, 7) is 1.46. The molecule has 1 aliphatic carbocycles. The van der Waals surface area contributed by atoms with E-state index in [1.165, 1.54) is 6.07 Å². The Kier molecular flexibility index (Phi) is 6.21. The average Bonchev–Trinajstić information content (AvgIpc) is 3.42. The zero-order chi connectivity index (χ0) is 24.7. The number of pyridine rings is 1. The fraction of sp³-hybridized carbons (Fsp3) is 0.360. The van der Waals surface area contributed by atoms with Crippen LogP contribution in [-0.4, -0.2) is 34.9 Å². The van der Waals surface area contributed by atoms with Crippen molar-refractivity contribution in [3.8, 4) is 16.6 Å². The zero-order valence-corrected chi connectivity index (χ0v) is 19.7. The second-order valence-corrected chi connectivity index (χ2v) is 10.0. The molecule has 1 unspecified atom stereocenters. The maximum atomic E-state index is 14.3. The zero-order valence-electron chi connectivity index (χ0n) is 18.9. The lowest BCUT2D eigenvalue weighted by atomic mass is 9.98. The highest BCUT2D eigenvalue weighted by Gasteiger charge is 2.32. The predicted octanol–water partition coefficient (Wildman–Crippen LogP) is 3.97. The minimum atomic E-state index is -0.767. The van der Waals surface area contributed by atoms with Crippen LogP contribution in [0.3, 0.4) is 0 Å². The number of Topliss-reactive ketones (excluding diaryl/α,β-unsaturated/α-hetero) is 1. The number of fused-ring (bicyclic) bond motifs is 1. The molecule has 1 fully saturated rings. The van der Waals surface area contributed by atoms with Crippen LogP contribution in [0.5, 0.6) is 0 Å². The Bertz CT molecular complexity index is 1330. The average molecular weight is 495 g/mol. The fourth-order valence-corrected chi connectivity index (χ4v) is 5.93. The van der Waals surface area contributed by atoms with Crippen molar-refractivity contribution in [2.45, 2.75) is 44.1 Å². The van der Waals surface area contributed by atoms with E-state index in [1.54, 1.807) is 6.20 Å². The molecule has 1 aliphatic heterocycles. The molecule has 2 atom stereocenters. The molecule has 0 spiro atoms. The molecule has 5 rings (SSSR count). The summed E-state index contributed by atoms with van der Waals surface area (Å²) in [5.41, 5.74) is 15.4. The minimum Gasteiger partial charge on any atom is -0.389 e. The highest BCUT2D eigenvalue weighted by Crippen LogP contribution is 2.40. The van der Waals surface area contributed by atoms with Crippen LogP contribution in [0.2, 0.25) is 0 Å². The van der Waals surface area contributed by atoms with Crippen molar-refractivity contribution >= 4 is 27.8 Å². The molecular weight excluding hydrogens is 470 g/mol. The number of carbonyl (C=O) groups excluding carboxylic acids is 1. The number of nitriles is 1.